The Balaban J connectivity index is 1.94. The number of amides is 1. The summed E-state index contributed by atoms with van der Waals surface area (Å²) in [6.07, 6.45) is 2.15. The van der Waals surface area contributed by atoms with Gasteiger partial charge in [-0.1, -0.05) is 6.92 Å². The van der Waals surface area contributed by atoms with Gasteiger partial charge in [-0.2, -0.15) is 0 Å². The predicted octanol–water partition coefficient (Wildman–Crippen LogP) is 0.147. The van der Waals surface area contributed by atoms with Crippen LogP contribution in [0.15, 0.2) is 0 Å². The van der Waals surface area contributed by atoms with E-state index in [9.17, 15) is 4.79 Å². The van der Waals surface area contributed by atoms with Crippen LogP contribution >= 0.6 is 0 Å². The highest BCUT2D eigenvalue weighted by atomic mass is 16.2. The van der Waals surface area contributed by atoms with Crippen molar-refractivity contribution in [2.45, 2.75) is 31.8 Å². The fraction of sp³-hybridized carbons (Fsp3) is 0.917. The molecule has 2 rings (SSSR count). The number of hydrogen-bond acceptors (Lipinski definition) is 3. The Morgan fingerprint density at radius 3 is 2.62 bits per heavy atom. The van der Waals surface area contributed by atoms with Crippen molar-refractivity contribution < 1.29 is 4.79 Å². The fourth-order valence-corrected chi connectivity index (χ4v) is 2.92. The summed E-state index contributed by atoms with van der Waals surface area (Å²) in [5.74, 6) is 0.897. The van der Waals surface area contributed by atoms with E-state index in [2.05, 4.69) is 31.2 Å². The van der Waals surface area contributed by atoms with Crippen LogP contribution < -0.4 is 5.32 Å². The number of likely N-dealkylation sites (tertiary alicyclic amines) is 1. The van der Waals surface area contributed by atoms with Gasteiger partial charge in [-0.25, -0.2) is 0 Å². The van der Waals surface area contributed by atoms with Crippen molar-refractivity contribution >= 4 is 5.91 Å². The summed E-state index contributed by atoms with van der Waals surface area (Å²) in [6, 6.07) is 0.610. The van der Waals surface area contributed by atoms with Crippen molar-refractivity contribution in [2.24, 2.45) is 5.92 Å². The highest BCUT2D eigenvalue weighted by Crippen LogP contribution is 2.21. The molecule has 0 saturated carbocycles. The summed E-state index contributed by atoms with van der Waals surface area (Å²) in [4.78, 5) is 16.5. The molecule has 0 bridgehead atoms. The van der Waals surface area contributed by atoms with E-state index in [1.165, 1.54) is 0 Å². The van der Waals surface area contributed by atoms with Crippen LogP contribution in [0.2, 0.25) is 0 Å². The zero-order valence-electron chi connectivity index (χ0n) is 10.6. The third kappa shape index (κ3) is 2.23. The summed E-state index contributed by atoms with van der Waals surface area (Å²) >= 11 is 0. The topological polar surface area (TPSA) is 35.6 Å². The Morgan fingerprint density at radius 2 is 2.12 bits per heavy atom. The van der Waals surface area contributed by atoms with Crippen molar-refractivity contribution in [3.05, 3.63) is 0 Å². The molecule has 0 aromatic heterocycles. The molecule has 0 aliphatic carbocycles. The van der Waals surface area contributed by atoms with Crippen molar-refractivity contribution in [1.29, 1.82) is 0 Å². The molecule has 0 aromatic carbocycles. The summed E-state index contributed by atoms with van der Waals surface area (Å²) in [6.45, 7) is 5.04. The minimum atomic E-state index is 0.0908. The molecule has 4 nitrogen and oxygen atoms in total. The van der Waals surface area contributed by atoms with Crippen LogP contribution in [0, 0.1) is 5.92 Å². The molecule has 2 fully saturated rings. The van der Waals surface area contributed by atoms with Gasteiger partial charge < -0.3 is 15.1 Å². The lowest BCUT2D eigenvalue weighted by Crippen LogP contribution is -2.43. The number of rotatable bonds is 2. The average molecular weight is 225 g/mol. The van der Waals surface area contributed by atoms with Gasteiger partial charge in [0, 0.05) is 19.1 Å². The molecule has 92 valence electrons. The maximum atomic E-state index is 12.2. The summed E-state index contributed by atoms with van der Waals surface area (Å²) in [5.41, 5.74) is 0. The van der Waals surface area contributed by atoms with E-state index >= 15 is 0 Å². The van der Waals surface area contributed by atoms with Gasteiger partial charge in [0.1, 0.15) is 0 Å². The van der Waals surface area contributed by atoms with Gasteiger partial charge in [-0.05, 0) is 39.4 Å². The molecule has 2 saturated heterocycles. The van der Waals surface area contributed by atoms with Crippen molar-refractivity contribution in [1.82, 2.24) is 15.1 Å². The Labute approximate surface area is 98.0 Å². The minimum absolute atomic E-state index is 0.0908. The van der Waals surface area contributed by atoms with E-state index in [1.54, 1.807) is 0 Å². The van der Waals surface area contributed by atoms with Gasteiger partial charge in [-0.3, -0.25) is 4.79 Å². The normalized spacial score (nSPS) is 35.0. The molecule has 1 amide bonds. The van der Waals surface area contributed by atoms with Crippen LogP contribution in [0.4, 0.5) is 0 Å². The molecule has 3 atom stereocenters. The molecule has 3 unspecified atom stereocenters. The van der Waals surface area contributed by atoms with Crippen LogP contribution in [0.25, 0.3) is 0 Å². The van der Waals surface area contributed by atoms with Crippen molar-refractivity contribution in [3.63, 3.8) is 0 Å². The Kier molecular flexibility index (Phi) is 3.50. The van der Waals surface area contributed by atoms with E-state index in [0.717, 1.165) is 32.5 Å². The quantitative estimate of drug-likeness (QED) is 0.726. The predicted molar refractivity (Wildman–Crippen MR) is 64.2 cm³/mol. The molecule has 1 N–H and O–H groups in total. The highest BCUT2D eigenvalue weighted by Gasteiger charge is 2.36. The van der Waals surface area contributed by atoms with Crippen molar-refractivity contribution in [3.8, 4) is 0 Å². The highest BCUT2D eigenvalue weighted by molar-refractivity contribution is 5.82. The molecule has 2 aliphatic rings. The third-order valence-electron chi connectivity index (χ3n) is 3.91. The van der Waals surface area contributed by atoms with Crippen molar-refractivity contribution in [2.75, 3.05) is 33.7 Å². The molecule has 2 heterocycles. The molecular formula is C12H23N3O. The zero-order chi connectivity index (χ0) is 11.7. The Bertz CT molecular complexity index is 261. The number of carbonyl (C=O) groups is 1. The molecule has 0 radical (unpaired) electrons. The number of carbonyl (C=O) groups excluding carboxylic acids is 1. The zero-order valence-corrected chi connectivity index (χ0v) is 10.6. The van der Waals surface area contributed by atoms with E-state index < -0.39 is 0 Å². The molecule has 16 heavy (non-hydrogen) atoms. The van der Waals surface area contributed by atoms with Gasteiger partial charge in [-0.15, -0.1) is 0 Å². The monoisotopic (exact) mass is 225 g/mol. The first-order chi connectivity index (χ1) is 7.59. The van der Waals surface area contributed by atoms with Gasteiger partial charge in [0.15, 0.2) is 0 Å². The average Bonchev–Trinajstić information content (AvgIpc) is 2.84. The number of likely N-dealkylation sites (N-methyl/N-ethyl adjacent to an activating group) is 1. The maximum Gasteiger partial charge on any atom is 0.239 e. The molecule has 2 aliphatic heterocycles. The molecular weight excluding hydrogens is 202 g/mol. The Hall–Kier alpha value is -0.610. The lowest BCUT2D eigenvalue weighted by Gasteiger charge is -2.23. The standard InChI is InChI=1S/C12H23N3O/c1-9-7-15(8-11(9)14(2)3)12(16)10-5-4-6-13-10/h9-11,13H,4-8H2,1-3H3. The number of nitrogens with zero attached hydrogens (tertiary/aromatic N) is 2. The second kappa shape index (κ2) is 4.72. The largest absolute Gasteiger partial charge is 0.339 e. The van der Waals surface area contributed by atoms with Gasteiger partial charge >= 0.3 is 0 Å². The SMILES string of the molecule is CC1CN(C(=O)C2CCCN2)CC1N(C)C. The van der Waals surface area contributed by atoms with E-state index in [-0.39, 0.29) is 6.04 Å². The third-order valence-corrected chi connectivity index (χ3v) is 3.91. The van der Waals surface area contributed by atoms with Crippen LogP contribution in [0.1, 0.15) is 19.8 Å². The number of hydrogen-bond donors (Lipinski definition) is 1. The lowest BCUT2D eigenvalue weighted by molar-refractivity contribution is -0.132. The first-order valence-electron chi connectivity index (χ1n) is 6.28. The lowest BCUT2D eigenvalue weighted by atomic mass is 10.1. The summed E-state index contributed by atoms with van der Waals surface area (Å²) < 4.78 is 0. The Morgan fingerprint density at radius 1 is 1.38 bits per heavy atom. The van der Waals surface area contributed by atoms with E-state index in [1.807, 2.05) is 4.90 Å². The second-order valence-electron chi connectivity index (χ2n) is 5.40. The van der Waals surface area contributed by atoms with Gasteiger partial charge in [0.2, 0.25) is 5.91 Å². The van der Waals surface area contributed by atoms with Crippen LogP contribution in [-0.4, -0.2) is 61.5 Å². The minimum Gasteiger partial charge on any atom is -0.339 e. The summed E-state index contributed by atoms with van der Waals surface area (Å²) in [7, 11) is 4.20. The van der Waals surface area contributed by atoms with Gasteiger partial charge in [0.25, 0.3) is 0 Å². The van der Waals surface area contributed by atoms with Crippen LogP contribution in [0.3, 0.4) is 0 Å². The van der Waals surface area contributed by atoms with E-state index in [4.69, 9.17) is 0 Å². The smallest absolute Gasteiger partial charge is 0.239 e. The molecule has 4 heteroatoms. The van der Waals surface area contributed by atoms with E-state index in [0.29, 0.717) is 17.9 Å². The van der Waals surface area contributed by atoms with Crippen LogP contribution in [-0.2, 0) is 4.79 Å². The van der Waals surface area contributed by atoms with Gasteiger partial charge in [0.05, 0.1) is 6.04 Å². The summed E-state index contributed by atoms with van der Waals surface area (Å²) in [5, 5.41) is 3.29. The van der Waals surface area contributed by atoms with Crippen LogP contribution in [0.5, 0.6) is 0 Å². The first-order valence-corrected chi connectivity index (χ1v) is 6.28. The fourth-order valence-electron chi connectivity index (χ4n) is 2.92. The maximum absolute atomic E-state index is 12.2. The molecule has 0 aromatic rings. The first kappa shape index (κ1) is 11.9. The molecule has 0 spiro atoms. The second-order valence-corrected chi connectivity index (χ2v) is 5.40. The number of nitrogens with one attached hydrogen (secondary N) is 1.